The number of thiophene rings is 1. The number of hydrogen-bond acceptors (Lipinski definition) is 5. The second kappa shape index (κ2) is 8.36. The van der Waals surface area contributed by atoms with Crippen molar-refractivity contribution >= 4 is 39.0 Å². The van der Waals surface area contributed by atoms with E-state index in [1.54, 1.807) is 11.3 Å². The van der Waals surface area contributed by atoms with Crippen LogP contribution in [-0.4, -0.2) is 47.6 Å². The van der Waals surface area contributed by atoms with Crippen LogP contribution in [0.4, 0.5) is 5.82 Å². The quantitative estimate of drug-likeness (QED) is 0.532. The molecule has 0 spiro atoms. The van der Waals surface area contributed by atoms with E-state index < -0.39 is 0 Å². The first-order valence-corrected chi connectivity index (χ1v) is 11.4. The monoisotopic (exact) mass is 414 g/mol. The highest BCUT2D eigenvalue weighted by atomic mass is 35.5. The Labute approximate surface area is 176 Å². The molecule has 4 nitrogen and oxygen atoms in total. The van der Waals surface area contributed by atoms with Crippen molar-refractivity contribution in [1.29, 1.82) is 0 Å². The van der Waals surface area contributed by atoms with E-state index >= 15 is 0 Å². The zero-order valence-corrected chi connectivity index (χ0v) is 18.4. The molecule has 0 saturated carbocycles. The van der Waals surface area contributed by atoms with Gasteiger partial charge < -0.3 is 9.80 Å². The zero-order chi connectivity index (χ0) is 19.7. The number of rotatable bonds is 5. The first kappa shape index (κ1) is 19.6. The second-order valence-corrected chi connectivity index (χ2v) is 8.64. The third kappa shape index (κ3) is 3.63. The number of halogens is 1. The Morgan fingerprint density at radius 1 is 0.964 bits per heavy atom. The van der Waals surface area contributed by atoms with Gasteiger partial charge >= 0.3 is 0 Å². The summed E-state index contributed by atoms with van der Waals surface area (Å²) in [4.78, 5) is 16.5. The second-order valence-electron chi connectivity index (χ2n) is 7.22. The topological polar surface area (TPSA) is 32.3 Å². The summed E-state index contributed by atoms with van der Waals surface area (Å²) in [7, 11) is 0. The Balaban J connectivity index is 1.86. The van der Waals surface area contributed by atoms with Gasteiger partial charge in [0.1, 0.15) is 10.6 Å². The van der Waals surface area contributed by atoms with E-state index in [0.717, 1.165) is 56.2 Å². The highest BCUT2D eigenvalue weighted by molar-refractivity contribution is 7.19. The molecule has 0 N–H and O–H groups in total. The van der Waals surface area contributed by atoms with Gasteiger partial charge in [0.25, 0.3) is 0 Å². The van der Waals surface area contributed by atoms with Gasteiger partial charge in [-0.2, -0.15) is 4.98 Å². The third-order valence-corrected chi connectivity index (χ3v) is 7.07. The number of benzene rings is 1. The SMILES string of the molecule is CCc1ccc(-c2c(CC)sc3nc(Cl)nc(N4CCN(CC)CC4)c23)cc1. The van der Waals surface area contributed by atoms with E-state index in [1.807, 2.05) is 0 Å². The van der Waals surface area contributed by atoms with Crippen LogP contribution in [0, 0.1) is 0 Å². The van der Waals surface area contributed by atoms with Crippen LogP contribution >= 0.6 is 22.9 Å². The average Bonchev–Trinajstić information content (AvgIpc) is 3.11. The van der Waals surface area contributed by atoms with E-state index in [2.05, 4.69) is 59.8 Å². The maximum atomic E-state index is 6.34. The third-order valence-electron chi connectivity index (χ3n) is 5.67. The summed E-state index contributed by atoms with van der Waals surface area (Å²) in [6.07, 6.45) is 2.03. The minimum Gasteiger partial charge on any atom is -0.353 e. The van der Waals surface area contributed by atoms with Crippen molar-refractivity contribution in [3.63, 3.8) is 0 Å². The number of nitrogens with zero attached hydrogens (tertiary/aromatic N) is 4. The Hall–Kier alpha value is -1.69. The van der Waals surface area contributed by atoms with Crippen molar-refractivity contribution in [2.75, 3.05) is 37.6 Å². The van der Waals surface area contributed by atoms with Crippen LogP contribution in [-0.2, 0) is 12.8 Å². The van der Waals surface area contributed by atoms with Gasteiger partial charge in [-0.25, -0.2) is 4.98 Å². The molecule has 1 fully saturated rings. The van der Waals surface area contributed by atoms with Gasteiger partial charge in [-0.3, -0.25) is 0 Å². The lowest BCUT2D eigenvalue weighted by Crippen LogP contribution is -2.46. The minimum absolute atomic E-state index is 0.345. The van der Waals surface area contributed by atoms with Gasteiger partial charge in [-0.15, -0.1) is 11.3 Å². The average molecular weight is 415 g/mol. The molecule has 1 aliphatic heterocycles. The molecule has 1 aliphatic rings. The molecule has 148 valence electrons. The Bertz CT molecular complexity index is 959. The molecule has 0 aliphatic carbocycles. The van der Waals surface area contributed by atoms with Crippen LogP contribution in [0.1, 0.15) is 31.2 Å². The Kier molecular flexibility index (Phi) is 5.85. The number of anilines is 1. The summed E-state index contributed by atoms with van der Waals surface area (Å²) >= 11 is 8.09. The van der Waals surface area contributed by atoms with E-state index in [9.17, 15) is 0 Å². The van der Waals surface area contributed by atoms with Gasteiger partial charge in [0.2, 0.25) is 5.28 Å². The lowest BCUT2D eigenvalue weighted by atomic mass is 10.00. The highest BCUT2D eigenvalue weighted by Crippen LogP contribution is 2.43. The van der Waals surface area contributed by atoms with Gasteiger partial charge in [0.05, 0.1) is 5.39 Å². The normalized spacial score (nSPS) is 15.5. The fraction of sp³-hybridized carbons (Fsp3) is 0.455. The molecule has 0 amide bonds. The van der Waals surface area contributed by atoms with Crippen LogP contribution < -0.4 is 4.90 Å². The lowest BCUT2D eigenvalue weighted by Gasteiger charge is -2.35. The maximum Gasteiger partial charge on any atom is 0.225 e. The molecule has 3 aromatic rings. The van der Waals surface area contributed by atoms with Crippen LogP contribution in [0.15, 0.2) is 24.3 Å². The molecule has 4 rings (SSSR count). The fourth-order valence-corrected chi connectivity index (χ4v) is 5.31. The van der Waals surface area contributed by atoms with Gasteiger partial charge in [0.15, 0.2) is 0 Å². The van der Waals surface area contributed by atoms with Gasteiger partial charge in [-0.1, -0.05) is 45.0 Å². The van der Waals surface area contributed by atoms with Crippen LogP contribution in [0.3, 0.4) is 0 Å². The number of aryl methyl sites for hydroxylation is 2. The van der Waals surface area contributed by atoms with Gasteiger partial charge in [0, 0.05) is 36.6 Å². The largest absolute Gasteiger partial charge is 0.353 e. The molecule has 3 heterocycles. The molecule has 2 aromatic heterocycles. The molecule has 6 heteroatoms. The smallest absolute Gasteiger partial charge is 0.225 e. The summed E-state index contributed by atoms with van der Waals surface area (Å²) in [6.45, 7) is 11.8. The molecular weight excluding hydrogens is 388 g/mol. The summed E-state index contributed by atoms with van der Waals surface area (Å²) in [5.74, 6) is 0.997. The van der Waals surface area contributed by atoms with E-state index in [-0.39, 0.29) is 0 Å². The van der Waals surface area contributed by atoms with Crippen molar-refractivity contribution in [3.05, 3.63) is 40.0 Å². The molecule has 0 radical (unpaired) electrons. The van der Waals surface area contributed by atoms with Crippen molar-refractivity contribution < 1.29 is 0 Å². The number of likely N-dealkylation sites (N-methyl/N-ethyl adjacent to an activating group) is 1. The number of aromatic nitrogens is 2. The highest BCUT2D eigenvalue weighted by Gasteiger charge is 2.25. The number of hydrogen-bond donors (Lipinski definition) is 0. The predicted octanol–water partition coefficient (Wildman–Crippen LogP) is 5.28. The van der Waals surface area contributed by atoms with Crippen molar-refractivity contribution in [1.82, 2.24) is 14.9 Å². The molecule has 28 heavy (non-hydrogen) atoms. The van der Waals surface area contributed by atoms with Crippen molar-refractivity contribution in [2.24, 2.45) is 0 Å². The maximum absolute atomic E-state index is 6.34. The summed E-state index contributed by atoms with van der Waals surface area (Å²) in [5.41, 5.74) is 3.89. The zero-order valence-electron chi connectivity index (χ0n) is 16.8. The summed E-state index contributed by atoms with van der Waals surface area (Å²) in [6, 6.07) is 8.95. The van der Waals surface area contributed by atoms with E-state index in [4.69, 9.17) is 16.6 Å². The van der Waals surface area contributed by atoms with Crippen LogP contribution in [0.2, 0.25) is 5.28 Å². The lowest BCUT2D eigenvalue weighted by molar-refractivity contribution is 0.271. The van der Waals surface area contributed by atoms with E-state index in [0.29, 0.717) is 5.28 Å². The van der Waals surface area contributed by atoms with Gasteiger partial charge in [-0.05, 0) is 42.1 Å². The van der Waals surface area contributed by atoms with E-state index in [1.165, 1.54) is 27.0 Å². The number of fused-ring (bicyclic) bond motifs is 1. The molecule has 1 aromatic carbocycles. The van der Waals surface area contributed by atoms with Crippen LogP contribution in [0.5, 0.6) is 0 Å². The molecular formula is C22H27ClN4S. The number of piperazine rings is 1. The summed E-state index contributed by atoms with van der Waals surface area (Å²) in [5, 5.41) is 1.51. The molecule has 1 saturated heterocycles. The Morgan fingerprint density at radius 3 is 2.29 bits per heavy atom. The predicted molar refractivity (Wildman–Crippen MR) is 121 cm³/mol. The Morgan fingerprint density at radius 2 is 1.68 bits per heavy atom. The fourth-order valence-electron chi connectivity index (χ4n) is 3.97. The molecule has 0 atom stereocenters. The first-order chi connectivity index (χ1) is 13.6. The first-order valence-electron chi connectivity index (χ1n) is 10.2. The molecule has 0 unspecified atom stereocenters. The van der Waals surface area contributed by atoms with Crippen molar-refractivity contribution in [3.8, 4) is 11.1 Å². The summed E-state index contributed by atoms with van der Waals surface area (Å²) < 4.78 is 0. The van der Waals surface area contributed by atoms with Crippen LogP contribution in [0.25, 0.3) is 21.3 Å². The minimum atomic E-state index is 0.345. The standard InChI is InChI=1S/C22H27ClN4S/c1-4-15-7-9-16(10-8-15)18-17(5-2)28-21-19(18)20(24-22(23)25-21)27-13-11-26(6-3)12-14-27/h7-10H,4-6,11-14H2,1-3H3. The van der Waals surface area contributed by atoms with Crippen molar-refractivity contribution in [2.45, 2.75) is 33.6 Å². The molecule has 0 bridgehead atoms.